The van der Waals surface area contributed by atoms with Gasteiger partial charge in [-0.1, -0.05) is 12.2 Å². The SMILES string of the molecule is COCC1CCN(c2cc(OC)ccc2C(N)=S)CC1. The highest BCUT2D eigenvalue weighted by atomic mass is 32.1. The van der Waals surface area contributed by atoms with Gasteiger partial charge in [0.25, 0.3) is 0 Å². The van der Waals surface area contributed by atoms with Crippen molar-refractivity contribution in [2.45, 2.75) is 12.8 Å². The lowest BCUT2D eigenvalue weighted by molar-refractivity contribution is 0.139. The van der Waals surface area contributed by atoms with Gasteiger partial charge in [-0.15, -0.1) is 0 Å². The van der Waals surface area contributed by atoms with Crippen molar-refractivity contribution >= 4 is 22.9 Å². The molecule has 0 bridgehead atoms. The van der Waals surface area contributed by atoms with Crippen molar-refractivity contribution in [2.75, 3.05) is 38.8 Å². The van der Waals surface area contributed by atoms with Gasteiger partial charge in [0.2, 0.25) is 0 Å². The van der Waals surface area contributed by atoms with Gasteiger partial charge in [0.15, 0.2) is 0 Å². The Morgan fingerprint density at radius 2 is 2.05 bits per heavy atom. The van der Waals surface area contributed by atoms with Gasteiger partial charge in [0, 0.05) is 38.4 Å². The van der Waals surface area contributed by atoms with E-state index < -0.39 is 0 Å². The van der Waals surface area contributed by atoms with E-state index in [1.165, 1.54) is 0 Å². The molecule has 2 N–H and O–H groups in total. The van der Waals surface area contributed by atoms with Crippen LogP contribution in [0.4, 0.5) is 5.69 Å². The van der Waals surface area contributed by atoms with Crippen LogP contribution in [0.15, 0.2) is 18.2 Å². The van der Waals surface area contributed by atoms with Crippen molar-refractivity contribution in [3.05, 3.63) is 23.8 Å². The summed E-state index contributed by atoms with van der Waals surface area (Å²) in [6.07, 6.45) is 2.25. The van der Waals surface area contributed by atoms with Crippen LogP contribution in [-0.4, -0.2) is 38.9 Å². The highest BCUT2D eigenvalue weighted by Crippen LogP contribution is 2.30. The Bertz CT molecular complexity index is 471. The molecule has 2 rings (SSSR count). The minimum atomic E-state index is 0.432. The molecule has 5 heteroatoms. The highest BCUT2D eigenvalue weighted by molar-refractivity contribution is 7.80. The molecule has 0 aromatic heterocycles. The molecule has 1 aliphatic heterocycles. The summed E-state index contributed by atoms with van der Waals surface area (Å²) in [5.41, 5.74) is 7.83. The van der Waals surface area contributed by atoms with E-state index >= 15 is 0 Å². The van der Waals surface area contributed by atoms with Crippen LogP contribution in [0.1, 0.15) is 18.4 Å². The standard InChI is InChI=1S/C15H22N2O2S/c1-18-10-11-5-7-17(8-6-11)14-9-12(19-2)3-4-13(14)15(16)20/h3-4,9,11H,5-8,10H2,1-2H3,(H2,16,20). The predicted molar refractivity (Wildman–Crippen MR) is 85.7 cm³/mol. The second-order valence-electron chi connectivity index (χ2n) is 5.13. The molecular formula is C15H22N2O2S. The zero-order chi connectivity index (χ0) is 14.5. The smallest absolute Gasteiger partial charge is 0.120 e. The van der Waals surface area contributed by atoms with Crippen molar-refractivity contribution in [3.63, 3.8) is 0 Å². The average Bonchev–Trinajstić information content (AvgIpc) is 2.47. The predicted octanol–water partition coefficient (Wildman–Crippen LogP) is 2.19. The molecular weight excluding hydrogens is 272 g/mol. The molecule has 0 saturated carbocycles. The topological polar surface area (TPSA) is 47.7 Å². The van der Waals surface area contributed by atoms with Crippen LogP contribution in [-0.2, 0) is 4.74 Å². The average molecular weight is 294 g/mol. The molecule has 1 fully saturated rings. The highest BCUT2D eigenvalue weighted by Gasteiger charge is 2.22. The van der Waals surface area contributed by atoms with Crippen molar-refractivity contribution < 1.29 is 9.47 Å². The maximum Gasteiger partial charge on any atom is 0.120 e. The molecule has 0 atom stereocenters. The van der Waals surface area contributed by atoms with Crippen LogP contribution < -0.4 is 15.4 Å². The maximum absolute atomic E-state index is 5.83. The lowest BCUT2D eigenvalue weighted by atomic mass is 9.96. The number of nitrogens with two attached hydrogens (primary N) is 1. The zero-order valence-electron chi connectivity index (χ0n) is 12.1. The Balaban J connectivity index is 2.17. The number of benzene rings is 1. The molecule has 1 aromatic rings. The first-order valence-corrected chi connectivity index (χ1v) is 7.28. The van der Waals surface area contributed by atoms with E-state index in [2.05, 4.69) is 4.90 Å². The van der Waals surface area contributed by atoms with Crippen molar-refractivity contribution in [2.24, 2.45) is 11.7 Å². The van der Waals surface area contributed by atoms with E-state index in [9.17, 15) is 0 Å². The fourth-order valence-corrected chi connectivity index (χ4v) is 2.86. The van der Waals surface area contributed by atoms with Gasteiger partial charge < -0.3 is 20.1 Å². The van der Waals surface area contributed by atoms with Gasteiger partial charge in [0.1, 0.15) is 10.7 Å². The summed E-state index contributed by atoms with van der Waals surface area (Å²) in [5, 5.41) is 0. The molecule has 1 aromatic carbocycles. The Kier molecular flexibility index (Phi) is 5.20. The van der Waals surface area contributed by atoms with Gasteiger partial charge in [0.05, 0.1) is 12.8 Å². The minimum absolute atomic E-state index is 0.432. The third-order valence-electron chi connectivity index (χ3n) is 3.83. The van der Waals surface area contributed by atoms with Gasteiger partial charge >= 0.3 is 0 Å². The number of methoxy groups -OCH3 is 2. The second kappa shape index (κ2) is 6.90. The van der Waals surface area contributed by atoms with E-state index in [4.69, 9.17) is 27.4 Å². The van der Waals surface area contributed by atoms with Crippen molar-refractivity contribution in [1.29, 1.82) is 0 Å². The van der Waals surface area contributed by atoms with E-state index in [0.717, 1.165) is 49.5 Å². The lowest BCUT2D eigenvalue weighted by Gasteiger charge is -2.34. The first-order valence-electron chi connectivity index (χ1n) is 6.87. The first kappa shape index (κ1) is 15.1. The molecule has 0 aliphatic carbocycles. The Labute approximate surface area is 125 Å². The van der Waals surface area contributed by atoms with Crippen molar-refractivity contribution in [1.82, 2.24) is 0 Å². The number of thiocarbonyl (C=S) groups is 1. The molecule has 110 valence electrons. The van der Waals surface area contributed by atoms with Crippen LogP contribution in [0.3, 0.4) is 0 Å². The number of rotatable bonds is 5. The summed E-state index contributed by atoms with van der Waals surface area (Å²) < 4.78 is 10.6. The minimum Gasteiger partial charge on any atom is -0.497 e. The summed E-state index contributed by atoms with van der Waals surface area (Å²) in [5.74, 6) is 1.48. The Hall–Kier alpha value is -1.33. The van der Waals surface area contributed by atoms with Gasteiger partial charge in [-0.05, 0) is 30.9 Å². The van der Waals surface area contributed by atoms with E-state index in [1.54, 1.807) is 14.2 Å². The fraction of sp³-hybridized carbons (Fsp3) is 0.533. The van der Waals surface area contributed by atoms with Crippen molar-refractivity contribution in [3.8, 4) is 5.75 Å². The number of piperidine rings is 1. The molecule has 1 aliphatic rings. The van der Waals surface area contributed by atoms with E-state index in [1.807, 2.05) is 18.2 Å². The third-order valence-corrected chi connectivity index (χ3v) is 4.05. The van der Waals surface area contributed by atoms with Gasteiger partial charge in [-0.2, -0.15) is 0 Å². The third kappa shape index (κ3) is 3.41. The zero-order valence-corrected chi connectivity index (χ0v) is 12.9. The molecule has 0 amide bonds. The number of hydrogen-bond donors (Lipinski definition) is 1. The van der Waals surface area contributed by atoms with E-state index in [0.29, 0.717) is 10.9 Å². The quantitative estimate of drug-likeness (QED) is 0.844. The summed E-state index contributed by atoms with van der Waals surface area (Å²) in [7, 11) is 3.43. The lowest BCUT2D eigenvalue weighted by Crippen LogP contribution is -2.36. The molecule has 1 saturated heterocycles. The molecule has 1 heterocycles. The summed E-state index contributed by atoms with van der Waals surface area (Å²) in [6.45, 7) is 2.84. The molecule has 0 spiro atoms. The van der Waals surface area contributed by atoms with Crippen LogP contribution in [0, 0.1) is 5.92 Å². The molecule has 4 nitrogen and oxygen atoms in total. The van der Waals surface area contributed by atoms with Gasteiger partial charge in [-0.3, -0.25) is 0 Å². The summed E-state index contributed by atoms with van der Waals surface area (Å²) in [6, 6.07) is 5.86. The molecule has 0 unspecified atom stereocenters. The number of ether oxygens (including phenoxy) is 2. The monoisotopic (exact) mass is 294 g/mol. The summed E-state index contributed by atoms with van der Waals surface area (Å²) in [4.78, 5) is 2.77. The maximum atomic E-state index is 5.83. The second-order valence-corrected chi connectivity index (χ2v) is 5.57. The number of hydrogen-bond acceptors (Lipinski definition) is 4. The normalized spacial score (nSPS) is 16.2. The van der Waals surface area contributed by atoms with E-state index in [-0.39, 0.29) is 0 Å². The Morgan fingerprint density at radius 3 is 2.60 bits per heavy atom. The van der Waals surface area contributed by atoms with Crippen LogP contribution in [0.2, 0.25) is 0 Å². The van der Waals surface area contributed by atoms with Crippen LogP contribution >= 0.6 is 12.2 Å². The number of anilines is 1. The first-order chi connectivity index (χ1) is 9.65. The Morgan fingerprint density at radius 1 is 1.35 bits per heavy atom. The van der Waals surface area contributed by atoms with Gasteiger partial charge in [-0.25, -0.2) is 0 Å². The molecule has 0 radical (unpaired) electrons. The fourth-order valence-electron chi connectivity index (χ4n) is 2.68. The largest absolute Gasteiger partial charge is 0.497 e. The number of nitrogens with zero attached hydrogens (tertiary/aromatic N) is 1. The van der Waals surface area contributed by atoms with Crippen LogP contribution in [0.25, 0.3) is 0 Å². The van der Waals surface area contributed by atoms with Crippen LogP contribution in [0.5, 0.6) is 5.75 Å². The summed E-state index contributed by atoms with van der Waals surface area (Å²) >= 11 is 5.15. The molecule has 20 heavy (non-hydrogen) atoms.